The monoisotopic (exact) mass is 425 g/mol. The van der Waals surface area contributed by atoms with E-state index in [-0.39, 0.29) is 11.5 Å². The first-order valence-electron chi connectivity index (χ1n) is 11.7. The number of likely N-dealkylation sites (N-methyl/N-ethyl adjacent to an activating group) is 1. The zero-order chi connectivity index (χ0) is 24.9. The largest absolute Gasteiger partial charge is 0.508 e. The molecule has 0 aliphatic heterocycles. The van der Waals surface area contributed by atoms with Crippen LogP contribution in [0.4, 0.5) is 0 Å². The fourth-order valence-electron chi connectivity index (χ4n) is 3.15. The van der Waals surface area contributed by atoms with Crippen LogP contribution < -0.4 is 4.74 Å². The summed E-state index contributed by atoms with van der Waals surface area (Å²) in [7, 11) is 2.92. The van der Waals surface area contributed by atoms with Gasteiger partial charge in [0, 0.05) is 15.1 Å². The van der Waals surface area contributed by atoms with Crippen molar-refractivity contribution in [1.82, 2.24) is 4.90 Å². The van der Waals surface area contributed by atoms with E-state index in [2.05, 4.69) is 0 Å². The number of phenols is 1. The maximum absolute atomic E-state index is 9.79. The Hall–Kier alpha value is -2.75. The molecule has 0 spiro atoms. The molecule has 0 aliphatic rings. The molecule has 3 aromatic rings. The third-order valence-corrected chi connectivity index (χ3v) is 4.69. The number of allylic oxidation sites excluding steroid dienone is 1. The van der Waals surface area contributed by atoms with Crippen molar-refractivity contribution >= 4 is 22.7 Å². The highest BCUT2D eigenvalue weighted by molar-refractivity contribution is 6.18. The highest BCUT2D eigenvalue weighted by atomic mass is 35.5. The average molecular weight is 426 g/mol. The molecule has 0 bridgehead atoms. The fourth-order valence-corrected chi connectivity index (χ4v) is 3.34. The number of aromatic hydroxyl groups is 1. The van der Waals surface area contributed by atoms with Crippen molar-refractivity contribution in [2.24, 2.45) is 0 Å². The lowest BCUT2D eigenvalue weighted by molar-refractivity contribution is 0.261. The van der Waals surface area contributed by atoms with Crippen molar-refractivity contribution in [2.45, 2.75) is 6.42 Å². The van der Waals surface area contributed by atoms with Gasteiger partial charge in [-0.3, -0.25) is 0 Å². The van der Waals surface area contributed by atoms with Crippen LogP contribution in [0.2, 0.25) is 0 Å². The Morgan fingerprint density at radius 2 is 1.50 bits per heavy atom. The van der Waals surface area contributed by atoms with Crippen LogP contribution in [0.5, 0.6) is 11.5 Å². The third kappa shape index (κ3) is 5.88. The predicted octanol–water partition coefficient (Wildman–Crippen LogP) is 5.92. The highest BCUT2D eigenvalue weighted by Crippen LogP contribution is 2.35. The molecule has 0 radical (unpaired) electrons. The normalized spacial score (nSPS) is 14.9. The summed E-state index contributed by atoms with van der Waals surface area (Å²) in [5.41, 5.74) is 4.76. The van der Waals surface area contributed by atoms with Gasteiger partial charge in [0.25, 0.3) is 0 Å². The number of ether oxygens (including phenoxy) is 1. The first-order valence-corrected chi connectivity index (χ1v) is 10.2. The lowest BCUT2D eigenvalue weighted by Gasteiger charge is -2.17. The second kappa shape index (κ2) is 10.9. The van der Waals surface area contributed by atoms with Gasteiger partial charge in [0.2, 0.25) is 0 Å². The van der Waals surface area contributed by atoms with Crippen LogP contribution >= 0.6 is 11.6 Å². The van der Waals surface area contributed by atoms with E-state index in [9.17, 15) is 5.11 Å². The maximum Gasteiger partial charge on any atom is 0.119 e. The summed E-state index contributed by atoms with van der Waals surface area (Å²) in [5, 5.41) is 9.79. The number of benzene rings is 3. The molecule has 3 aromatic carbocycles. The Kier molecular flexibility index (Phi) is 6.15. The molecule has 0 saturated carbocycles. The zero-order valence-corrected chi connectivity index (χ0v) is 17.9. The summed E-state index contributed by atoms with van der Waals surface area (Å²) in [6, 6.07) is 23.8. The number of hydrogen-bond donors (Lipinski definition) is 1. The van der Waals surface area contributed by atoms with E-state index in [1.165, 1.54) is 14.1 Å². The van der Waals surface area contributed by atoms with Crippen LogP contribution in [-0.2, 0) is 0 Å². The third-order valence-electron chi connectivity index (χ3n) is 4.51. The zero-order valence-electron chi connectivity index (χ0n) is 21.1. The van der Waals surface area contributed by atoms with E-state index < -0.39 is 13.1 Å². The molecular weight excluding hydrogens is 394 g/mol. The van der Waals surface area contributed by atoms with E-state index in [0.717, 1.165) is 32.7 Å². The molecule has 0 atom stereocenters. The fraction of sp³-hybridized carbons (Fsp3) is 0.231. The lowest BCUT2D eigenvalue weighted by atomic mass is 9.88. The number of phenolic OH excluding ortho intramolecular Hbond substituents is 1. The number of hydrogen-bond acceptors (Lipinski definition) is 3. The van der Waals surface area contributed by atoms with E-state index in [1.54, 1.807) is 24.3 Å². The van der Waals surface area contributed by atoms with Gasteiger partial charge in [-0.15, -0.1) is 11.6 Å². The summed E-state index contributed by atoms with van der Waals surface area (Å²) in [4.78, 5) is 1.14. The Morgan fingerprint density at radius 1 is 0.900 bits per heavy atom. The van der Waals surface area contributed by atoms with Crippen LogP contribution in [-0.4, -0.2) is 43.0 Å². The Balaban J connectivity index is 2.08. The molecule has 0 fully saturated rings. The minimum Gasteiger partial charge on any atom is -0.508 e. The molecule has 30 heavy (non-hydrogen) atoms. The van der Waals surface area contributed by atoms with E-state index in [1.807, 2.05) is 54.6 Å². The summed E-state index contributed by atoms with van der Waals surface area (Å²) < 4.78 is 37.7. The Bertz CT molecular complexity index is 1120. The SMILES string of the molecule is [2H]C([2H])(Oc1ccc(/C(=C(/CCCl)c2ccccc2)c2ccc(O)cc2)cc1)C([2H])([2H])N(C)C. The van der Waals surface area contributed by atoms with Crippen LogP contribution in [0, 0.1) is 0 Å². The number of nitrogens with zero attached hydrogens (tertiary/aromatic N) is 1. The van der Waals surface area contributed by atoms with Gasteiger partial charge in [0.15, 0.2) is 0 Å². The van der Waals surface area contributed by atoms with Gasteiger partial charge in [0.05, 0.1) is 2.74 Å². The van der Waals surface area contributed by atoms with Crippen molar-refractivity contribution in [3.63, 3.8) is 0 Å². The van der Waals surface area contributed by atoms with E-state index in [4.69, 9.17) is 21.8 Å². The van der Waals surface area contributed by atoms with Crippen molar-refractivity contribution in [3.05, 3.63) is 95.6 Å². The molecule has 0 aliphatic carbocycles. The quantitative estimate of drug-likeness (QED) is 0.341. The van der Waals surface area contributed by atoms with Gasteiger partial charge < -0.3 is 14.7 Å². The first-order chi connectivity index (χ1) is 16.1. The molecule has 3 nitrogen and oxygen atoms in total. The highest BCUT2D eigenvalue weighted by Gasteiger charge is 2.14. The maximum atomic E-state index is 9.79. The van der Waals surface area contributed by atoms with Crippen LogP contribution in [0.25, 0.3) is 11.1 Å². The van der Waals surface area contributed by atoms with Gasteiger partial charge in [-0.1, -0.05) is 54.6 Å². The smallest absolute Gasteiger partial charge is 0.119 e. The van der Waals surface area contributed by atoms with E-state index >= 15 is 0 Å². The molecule has 0 saturated heterocycles. The minimum atomic E-state index is -2.57. The molecular formula is C26H28ClNO2. The number of rotatable bonds is 9. The van der Waals surface area contributed by atoms with Gasteiger partial charge >= 0.3 is 0 Å². The second-order valence-corrected chi connectivity index (χ2v) is 7.32. The van der Waals surface area contributed by atoms with Crippen molar-refractivity contribution in [3.8, 4) is 11.5 Å². The number of halogens is 1. The molecule has 0 heterocycles. The average Bonchev–Trinajstić information content (AvgIpc) is 2.81. The molecule has 3 rings (SSSR count). The summed E-state index contributed by atoms with van der Waals surface area (Å²) in [6.07, 6.45) is 0.617. The Labute approximate surface area is 189 Å². The second-order valence-electron chi connectivity index (χ2n) is 6.94. The minimum absolute atomic E-state index is 0.169. The molecule has 4 heteroatoms. The van der Waals surface area contributed by atoms with Crippen LogP contribution in [0.15, 0.2) is 78.9 Å². The summed E-state index contributed by atoms with van der Waals surface area (Å²) >= 11 is 6.18. The van der Waals surface area contributed by atoms with Gasteiger partial charge in [0.1, 0.15) is 18.1 Å². The Morgan fingerprint density at radius 3 is 2.07 bits per heavy atom. The molecule has 0 amide bonds. The van der Waals surface area contributed by atoms with Gasteiger partial charge in [-0.2, -0.15) is 0 Å². The van der Waals surface area contributed by atoms with Crippen molar-refractivity contribution in [2.75, 3.05) is 33.0 Å². The summed E-state index contributed by atoms with van der Waals surface area (Å²) in [5.74, 6) is 0.804. The van der Waals surface area contributed by atoms with Gasteiger partial charge in [-0.25, -0.2) is 0 Å². The molecule has 156 valence electrons. The van der Waals surface area contributed by atoms with Crippen molar-refractivity contribution in [1.29, 1.82) is 0 Å². The standard InChI is InChI=1S/C26H28ClNO2/c1-28(2)18-19-30-24-14-10-22(11-15-24)26(21-8-12-23(29)13-9-21)25(16-17-27)20-6-4-3-5-7-20/h3-15,29H,16-19H2,1-2H3/b26-25-/i18D2,19D2. The molecule has 0 aromatic heterocycles. The first kappa shape index (κ1) is 17.0. The number of alkyl halides is 1. The van der Waals surface area contributed by atoms with Crippen molar-refractivity contribution < 1.29 is 15.3 Å². The van der Waals surface area contributed by atoms with Gasteiger partial charge in [-0.05, 0) is 72.6 Å². The summed E-state index contributed by atoms with van der Waals surface area (Å²) in [6.45, 7) is -4.90. The topological polar surface area (TPSA) is 32.7 Å². The van der Waals surface area contributed by atoms with Crippen LogP contribution in [0.1, 0.15) is 28.6 Å². The molecule has 0 unspecified atom stereocenters. The predicted molar refractivity (Wildman–Crippen MR) is 126 cm³/mol. The lowest BCUT2D eigenvalue weighted by Crippen LogP contribution is -2.19. The molecule has 1 N–H and O–H groups in total. The van der Waals surface area contributed by atoms with E-state index in [0.29, 0.717) is 12.3 Å². The van der Waals surface area contributed by atoms with Crippen LogP contribution in [0.3, 0.4) is 0 Å².